The number of amides is 1. The summed E-state index contributed by atoms with van der Waals surface area (Å²) in [4.78, 5) is 14.3. The van der Waals surface area contributed by atoms with Gasteiger partial charge < -0.3 is 10.1 Å². The second kappa shape index (κ2) is 5.31. The third kappa shape index (κ3) is 2.85. The number of nitrogens with one attached hydrogen (secondary N) is 2. The number of aromatic amines is 1. The van der Waals surface area contributed by atoms with Crippen molar-refractivity contribution in [3.63, 3.8) is 0 Å². The second-order valence-electron chi connectivity index (χ2n) is 3.94. The van der Waals surface area contributed by atoms with Gasteiger partial charge in [0, 0.05) is 13.1 Å². The topological polar surface area (TPSA) is 52.5 Å². The smallest absolute Gasteiger partial charge is 0.315 e. The van der Waals surface area contributed by atoms with Crippen molar-refractivity contribution in [3.8, 4) is 11.5 Å². The van der Waals surface area contributed by atoms with Gasteiger partial charge in [0.05, 0.1) is 6.07 Å². The number of rotatable bonds is 3. The van der Waals surface area contributed by atoms with E-state index in [2.05, 4.69) is 10.3 Å². The summed E-state index contributed by atoms with van der Waals surface area (Å²) in [5, 5.41) is 2.56. The highest BCUT2D eigenvalue weighted by atomic mass is 16.5. The van der Waals surface area contributed by atoms with Gasteiger partial charge in [0.25, 0.3) is 5.69 Å². The van der Waals surface area contributed by atoms with Crippen LogP contribution in [0.2, 0.25) is 0 Å². The van der Waals surface area contributed by atoms with Gasteiger partial charge >= 0.3 is 5.91 Å². The highest BCUT2D eigenvalue weighted by Gasteiger charge is 2.12. The molecule has 1 aromatic heterocycles. The van der Waals surface area contributed by atoms with Gasteiger partial charge in [0.2, 0.25) is 0 Å². The molecule has 92 valence electrons. The minimum absolute atomic E-state index is 0.176. The Morgan fingerprint density at radius 3 is 2.72 bits per heavy atom. The van der Waals surface area contributed by atoms with Crippen LogP contribution >= 0.6 is 0 Å². The van der Waals surface area contributed by atoms with Gasteiger partial charge in [-0.3, -0.25) is 4.79 Å². The molecule has 1 aromatic carbocycles. The molecule has 0 radical (unpaired) electrons. The molecule has 4 nitrogen and oxygen atoms in total. The molecule has 0 aliphatic heterocycles. The van der Waals surface area contributed by atoms with E-state index in [4.69, 9.17) is 4.74 Å². The van der Waals surface area contributed by atoms with Gasteiger partial charge in [-0.25, -0.2) is 4.98 Å². The normalized spacial score (nSPS) is 9.89. The Bertz CT molecular complexity index is 567. The second-order valence-corrected chi connectivity index (χ2v) is 3.94. The van der Waals surface area contributed by atoms with Crippen LogP contribution in [-0.2, 0) is 0 Å². The molecule has 0 spiro atoms. The fraction of sp³-hybridized carbons (Fsp3) is 0.143. The van der Waals surface area contributed by atoms with Crippen LogP contribution in [0.25, 0.3) is 0 Å². The van der Waals surface area contributed by atoms with E-state index in [1.54, 1.807) is 25.4 Å². The van der Waals surface area contributed by atoms with Gasteiger partial charge in [0.1, 0.15) is 11.5 Å². The van der Waals surface area contributed by atoms with Crippen molar-refractivity contribution in [2.75, 3.05) is 7.05 Å². The first kappa shape index (κ1) is 12.1. The quantitative estimate of drug-likeness (QED) is 0.896. The number of pyridine rings is 1. The zero-order chi connectivity index (χ0) is 13.0. The van der Waals surface area contributed by atoms with Crippen molar-refractivity contribution in [1.29, 1.82) is 0 Å². The van der Waals surface area contributed by atoms with Gasteiger partial charge in [-0.1, -0.05) is 12.1 Å². The minimum atomic E-state index is -0.176. The van der Waals surface area contributed by atoms with Crippen molar-refractivity contribution < 1.29 is 14.5 Å². The first-order valence-electron chi connectivity index (χ1n) is 5.67. The van der Waals surface area contributed by atoms with Gasteiger partial charge in [-0.2, -0.15) is 0 Å². The van der Waals surface area contributed by atoms with Crippen molar-refractivity contribution in [3.05, 3.63) is 53.9 Å². The maximum absolute atomic E-state index is 11.5. The largest absolute Gasteiger partial charge is 0.457 e. The maximum Gasteiger partial charge on any atom is 0.315 e. The SMILES string of the molecule is CNC(=O)c1cc(Oc2cccc(C)c2)cc[nH+]1. The lowest BCUT2D eigenvalue weighted by molar-refractivity contribution is -0.382. The molecule has 18 heavy (non-hydrogen) atoms. The Morgan fingerprint density at radius 1 is 1.22 bits per heavy atom. The summed E-state index contributed by atoms with van der Waals surface area (Å²) >= 11 is 0. The monoisotopic (exact) mass is 243 g/mol. The zero-order valence-corrected chi connectivity index (χ0v) is 10.4. The molecule has 0 fully saturated rings. The first-order chi connectivity index (χ1) is 8.69. The molecule has 1 amide bonds. The van der Waals surface area contributed by atoms with Crippen LogP contribution in [-0.4, -0.2) is 13.0 Å². The number of hydrogen-bond acceptors (Lipinski definition) is 2. The fourth-order valence-corrected chi connectivity index (χ4v) is 1.59. The molecule has 0 atom stereocenters. The predicted octanol–water partition coefficient (Wildman–Crippen LogP) is 1.96. The summed E-state index contributed by atoms with van der Waals surface area (Å²) in [5.74, 6) is 1.20. The average Bonchev–Trinajstić information content (AvgIpc) is 2.38. The number of H-pyrrole nitrogens is 1. The van der Waals surface area contributed by atoms with Crippen LogP contribution in [0.5, 0.6) is 11.5 Å². The van der Waals surface area contributed by atoms with Crippen LogP contribution in [0, 0.1) is 6.92 Å². The van der Waals surface area contributed by atoms with Crippen molar-refractivity contribution in [1.82, 2.24) is 5.32 Å². The van der Waals surface area contributed by atoms with Crippen LogP contribution in [0.15, 0.2) is 42.6 Å². The van der Waals surface area contributed by atoms with Gasteiger partial charge in [0.15, 0.2) is 6.20 Å². The Morgan fingerprint density at radius 2 is 2.00 bits per heavy atom. The minimum Gasteiger partial charge on any atom is -0.457 e. The van der Waals surface area contributed by atoms with Crippen LogP contribution in [0.3, 0.4) is 0 Å². The van der Waals surface area contributed by atoms with Gasteiger partial charge in [-0.05, 0) is 24.6 Å². The molecule has 2 aromatic rings. The molecule has 0 bridgehead atoms. The standard InChI is InChI=1S/C14H14N2O2/c1-10-4-3-5-11(8-10)18-12-6-7-16-13(9-12)14(17)15-2/h3-9H,1-2H3,(H,15,17)/p+1. The lowest BCUT2D eigenvalue weighted by Crippen LogP contribution is -2.26. The number of aromatic nitrogens is 1. The van der Waals surface area contributed by atoms with E-state index in [1.165, 1.54) is 0 Å². The van der Waals surface area contributed by atoms with Crippen molar-refractivity contribution in [2.24, 2.45) is 0 Å². The highest BCUT2D eigenvalue weighted by Crippen LogP contribution is 2.21. The van der Waals surface area contributed by atoms with Gasteiger partial charge in [-0.15, -0.1) is 0 Å². The Kier molecular flexibility index (Phi) is 3.57. The third-order valence-electron chi connectivity index (χ3n) is 2.47. The fourth-order valence-electron chi connectivity index (χ4n) is 1.59. The van der Waals surface area contributed by atoms with E-state index in [1.807, 2.05) is 31.2 Å². The van der Waals surface area contributed by atoms with E-state index in [0.29, 0.717) is 11.4 Å². The molecule has 0 aliphatic carbocycles. The van der Waals surface area contributed by atoms with E-state index < -0.39 is 0 Å². The van der Waals surface area contributed by atoms with E-state index in [9.17, 15) is 4.79 Å². The molecule has 0 saturated carbocycles. The summed E-state index contributed by atoms with van der Waals surface area (Å²) < 4.78 is 5.69. The lowest BCUT2D eigenvalue weighted by Gasteiger charge is -2.05. The summed E-state index contributed by atoms with van der Waals surface area (Å²) in [5.41, 5.74) is 1.59. The molecule has 1 heterocycles. The molecular formula is C14H15N2O2+. The molecule has 0 unspecified atom stereocenters. The first-order valence-corrected chi connectivity index (χ1v) is 5.67. The average molecular weight is 243 g/mol. The van der Waals surface area contributed by atoms with E-state index in [0.717, 1.165) is 11.3 Å². The number of carbonyl (C=O) groups is 1. The Balaban J connectivity index is 2.22. The Labute approximate surface area is 106 Å². The van der Waals surface area contributed by atoms with Crippen molar-refractivity contribution in [2.45, 2.75) is 6.92 Å². The van der Waals surface area contributed by atoms with Crippen LogP contribution in [0.1, 0.15) is 16.1 Å². The number of carbonyl (C=O) groups excluding carboxylic acids is 1. The molecule has 4 heteroatoms. The molecule has 0 aliphatic rings. The summed E-state index contributed by atoms with van der Waals surface area (Å²) in [6.45, 7) is 2.00. The molecule has 0 saturated heterocycles. The molecule has 2 rings (SSSR count). The summed E-state index contributed by atoms with van der Waals surface area (Å²) in [6.07, 6.45) is 1.68. The van der Waals surface area contributed by atoms with Crippen LogP contribution in [0.4, 0.5) is 0 Å². The number of benzene rings is 1. The van der Waals surface area contributed by atoms with E-state index >= 15 is 0 Å². The highest BCUT2D eigenvalue weighted by molar-refractivity contribution is 5.90. The summed E-state index contributed by atoms with van der Waals surface area (Å²) in [6, 6.07) is 11.2. The Hall–Kier alpha value is -2.36. The molecular weight excluding hydrogens is 228 g/mol. The van der Waals surface area contributed by atoms with E-state index in [-0.39, 0.29) is 5.91 Å². The number of ether oxygens (including phenoxy) is 1. The number of aryl methyl sites for hydroxylation is 1. The maximum atomic E-state index is 11.5. The zero-order valence-electron chi connectivity index (χ0n) is 10.4. The third-order valence-corrected chi connectivity index (χ3v) is 2.47. The molecule has 2 N–H and O–H groups in total. The van der Waals surface area contributed by atoms with Crippen LogP contribution < -0.4 is 15.0 Å². The lowest BCUT2D eigenvalue weighted by atomic mass is 10.2. The van der Waals surface area contributed by atoms with Crippen molar-refractivity contribution >= 4 is 5.91 Å². The number of hydrogen-bond donors (Lipinski definition) is 1. The summed E-state index contributed by atoms with van der Waals surface area (Å²) in [7, 11) is 1.59. The predicted molar refractivity (Wildman–Crippen MR) is 67.6 cm³/mol.